The van der Waals surface area contributed by atoms with Crippen molar-refractivity contribution in [3.05, 3.63) is 54.1 Å². The average molecular weight is 592 g/mol. The number of pyridine rings is 1. The van der Waals surface area contributed by atoms with Gasteiger partial charge in [0, 0.05) is 49.5 Å². The van der Waals surface area contributed by atoms with Crippen LogP contribution >= 0.6 is 0 Å². The number of rotatable bonds is 7. The number of carbonyl (C=O) groups is 5. The molecule has 1 aliphatic rings. The topological polar surface area (TPSA) is 172 Å². The Balaban J connectivity index is 1.51. The second-order valence-electron chi connectivity index (χ2n) is 10.1. The van der Waals surface area contributed by atoms with Gasteiger partial charge in [0.25, 0.3) is 5.91 Å². The third-order valence-corrected chi connectivity index (χ3v) is 6.81. The number of aromatic amines is 1. The Bertz CT molecular complexity index is 1750. The summed E-state index contributed by atoms with van der Waals surface area (Å²) in [6, 6.07) is 13.3. The molecule has 0 aliphatic carbocycles. The fourth-order valence-corrected chi connectivity index (χ4v) is 5.11. The minimum absolute atomic E-state index is 0.220. The lowest BCUT2D eigenvalue weighted by atomic mass is 9.95. The summed E-state index contributed by atoms with van der Waals surface area (Å²) in [6.07, 6.45) is -5.40. The smallest absolute Gasteiger partial charge is 0.305 e. The standard InChI is InChI=1S/C30H29N3O10/c1-14(34)39-13-24-27(40-15(2)35)28(41-16(3)36)26(30(43-24)42-17(4)37)33-29(38)19-9-10-22-20(11-19)25-23(31-22)12-18-7-5-6-8-21(18)32-25/h5-12,24,26-28,30-31H,13H2,1-4H3,(H,33,38)/t24-,26-,27-,28-,30-/m1/s1. The predicted octanol–water partition coefficient (Wildman–Crippen LogP) is 2.68. The van der Waals surface area contributed by atoms with Gasteiger partial charge in [-0.3, -0.25) is 24.0 Å². The number of hydrogen-bond acceptors (Lipinski definition) is 11. The number of nitrogens with one attached hydrogen (secondary N) is 2. The Hall–Kier alpha value is -5.04. The number of H-pyrrole nitrogens is 1. The Morgan fingerprint density at radius 2 is 1.53 bits per heavy atom. The van der Waals surface area contributed by atoms with Crippen LogP contribution in [0, 0.1) is 0 Å². The van der Waals surface area contributed by atoms with Crippen molar-refractivity contribution >= 4 is 62.6 Å². The Morgan fingerprint density at radius 3 is 2.23 bits per heavy atom. The largest absolute Gasteiger partial charge is 0.463 e. The monoisotopic (exact) mass is 591 g/mol. The minimum Gasteiger partial charge on any atom is -0.463 e. The van der Waals surface area contributed by atoms with Gasteiger partial charge in [-0.15, -0.1) is 0 Å². The minimum atomic E-state index is -1.50. The fourth-order valence-electron chi connectivity index (χ4n) is 5.11. The van der Waals surface area contributed by atoms with Gasteiger partial charge in [-0.05, 0) is 30.3 Å². The highest BCUT2D eigenvalue weighted by Crippen LogP contribution is 2.30. The van der Waals surface area contributed by atoms with Crippen LogP contribution in [-0.4, -0.2) is 77.0 Å². The van der Waals surface area contributed by atoms with Crippen LogP contribution in [0.5, 0.6) is 0 Å². The lowest BCUT2D eigenvalue weighted by Crippen LogP contribution is -2.67. The van der Waals surface area contributed by atoms with Gasteiger partial charge in [0.15, 0.2) is 12.2 Å². The molecule has 0 spiro atoms. The van der Waals surface area contributed by atoms with Gasteiger partial charge >= 0.3 is 23.9 Å². The molecule has 2 N–H and O–H groups in total. The molecular weight excluding hydrogens is 562 g/mol. The van der Waals surface area contributed by atoms with E-state index in [9.17, 15) is 24.0 Å². The number of hydrogen-bond donors (Lipinski definition) is 2. The third-order valence-electron chi connectivity index (χ3n) is 6.81. The van der Waals surface area contributed by atoms with E-state index < -0.39 is 67.0 Å². The molecule has 0 radical (unpaired) electrons. The zero-order valence-electron chi connectivity index (χ0n) is 23.7. The number of fused-ring (bicyclic) bond motifs is 4. The SMILES string of the molecule is CC(=O)OC[C@H]1O[C@@H](OC(C)=O)[C@H](NC(=O)c2ccc3[nH]c4cc5ccccc5nc4c3c2)[C@@H](OC(C)=O)[C@@H]1OC(C)=O. The van der Waals surface area contributed by atoms with Crippen molar-refractivity contribution in [2.45, 2.75) is 58.3 Å². The number of amides is 1. The zero-order chi connectivity index (χ0) is 30.8. The van der Waals surface area contributed by atoms with Crippen molar-refractivity contribution < 1.29 is 47.7 Å². The first-order valence-electron chi connectivity index (χ1n) is 13.4. The maximum atomic E-state index is 13.7. The molecule has 13 nitrogen and oxygen atoms in total. The number of nitrogens with zero attached hydrogens (tertiary/aromatic N) is 1. The number of benzene rings is 2. The molecule has 13 heteroatoms. The van der Waals surface area contributed by atoms with Gasteiger partial charge in [-0.25, -0.2) is 4.98 Å². The van der Waals surface area contributed by atoms with Crippen molar-refractivity contribution in [2.24, 2.45) is 0 Å². The molecule has 5 rings (SSSR count). The molecule has 5 atom stereocenters. The van der Waals surface area contributed by atoms with Crippen molar-refractivity contribution in [3.8, 4) is 0 Å². The van der Waals surface area contributed by atoms with Gasteiger partial charge in [-0.1, -0.05) is 18.2 Å². The molecule has 3 heterocycles. The van der Waals surface area contributed by atoms with E-state index in [0.717, 1.165) is 42.7 Å². The third kappa shape index (κ3) is 6.41. The van der Waals surface area contributed by atoms with Gasteiger partial charge in [0.1, 0.15) is 18.8 Å². The highest BCUT2D eigenvalue weighted by Gasteiger charge is 2.52. The van der Waals surface area contributed by atoms with Gasteiger partial charge < -0.3 is 34.0 Å². The van der Waals surface area contributed by atoms with Gasteiger partial charge in [0.2, 0.25) is 6.29 Å². The first-order chi connectivity index (χ1) is 20.5. The lowest BCUT2D eigenvalue weighted by molar-refractivity contribution is -0.270. The number of carbonyl (C=O) groups excluding carboxylic acids is 5. The fraction of sp³-hybridized carbons (Fsp3) is 0.333. The van der Waals surface area contributed by atoms with Crippen LogP contribution in [0.4, 0.5) is 0 Å². The molecule has 4 aromatic rings. The van der Waals surface area contributed by atoms with Crippen LogP contribution in [0.1, 0.15) is 38.1 Å². The molecule has 2 aromatic carbocycles. The lowest BCUT2D eigenvalue weighted by Gasteiger charge is -2.44. The summed E-state index contributed by atoms with van der Waals surface area (Å²) >= 11 is 0. The predicted molar refractivity (Wildman–Crippen MR) is 151 cm³/mol. The molecule has 1 aliphatic heterocycles. The highest BCUT2D eigenvalue weighted by molar-refractivity contribution is 6.10. The summed E-state index contributed by atoms with van der Waals surface area (Å²) in [7, 11) is 0. The second-order valence-corrected chi connectivity index (χ2v) is 10.1. The van der Waals surface area contributed by atoms with E-state index in [1.807, 2.05) is 30.3 Å². The molecule has 1 amide bonds. The molecule has 2 aromatic heterocycles. The van der Waals surface area contributed by atoms with Gasteiger partial charge in [0.05, 0.1) is 16.6 Å². The van der Waals surface area contributed by atoms with Crippen molar-refractivity contribution in [2.75, 3.05) is 6.61 Å². The number of aromatic nitrogens is 2. The molecule has 0 saturated carbocycles. The Morgan fingerprint density at radius 1 is 0.837 bits per heavy atom. The van der Waals surface area contributed by atoms with E-state index in [1.165, 1.54) is 6.92 Å². The summed E-state index contributed by atoms with van der Waals surface area (Å²) in [5.41, 5.74) is 3.23. The van der Waals surface area contributed by atoms with Crippen molar-refractivity contribution in [1.29, 1.82) is 0 Å². The van der Waals surface area contributed by atoms with Crippen LogP contribution in [0.15, 0.2) is 48.5 Å². The normalized spacial score (nSPS) is 21.7. The van der Waals surface area contributed by atoms with Crippen molar-refractivity contribution in [3.63, 3.8) is 0 Å². The van der Waals surface area contributed by atoms with E-state index in [-0.39, 0.29) is 5.56 Å². The summed E-state index contributed by atoms with van der Waals surface area (Å²) in [5, 5.41) is 4.37. The molecule has 224 valence electrons. The maximum absolute atomic E-state index is 13.7. The van der Waals surface area contributed by atoms with E-state index in [0.29, 0.717) is 10.9 Å². The summed E-state index contributed by atoms with van der Waals surface area (Å²) in [4.78, 5) is 69.4. The van der Waals surface area contributed by atoms with E-state index >= 15 is 0 Å². The molecule has 1 fully saturated rings. The maximum Gasteiger partial charge on any atom is 0.305 e. The number of para-hydroxylation sites is 1. The quantitative estimate of drug-likeness (QED) is 0.239. The molecule has 0 unspecified atom stereocenters. The van der Waals surface area contributed by atoms with Crippen LogP contribution in [0.3, 0.4) is 0 Å². The van der Waals surface area contributed by atoms with Crippen LogP contribution < -0.4 is 5.32 Å². The molecule has 1 saturated heterocycles. The summed E-state index contributed by atoms with van der Waals surface area (Å²) in [6.45, 7) is 4.14. The van der Waals surface area contributed by atoms with Crippen LogP contribution in [-0.2, 0) is 42.9 Å². The second kappa shape index (κ2) is 12.1. The Kier molecular flexibility index (Phi) is 8.26. The van der Waals surface area contributed by atoms with Crippen LogP contribution in [0.25, 0.3) is 32.8 Å². The van der Waals surface area contributed by atoms with E-state index in [4.69, 9.17) is 28.7 Å². The van der Waals surface area contributed by atoms with E-state index in [1.54, 1.807) is 18.2 Å². The number of esters is 4. The molecular formula is C30H29N3O10. The van der Waals surface area contributed by atoms with Crippen molar-refractivity contribution in [1.82, 2.24) is 15.3 Å². The average Bonchev–Trinajstić information content (AvgIpc) is 3.29. The molecule has 43 heavy (non-hydrogen) atoms. The first kappa shape index (κ1) is 29.5. The first-order valence-corrected chi connectivity index (χ1v) is 13.4. The summed E-state index contributed by atoms with van der Waals surface area (Å²) in [5.74, 6) is -3.56. The van der Waals surface area contributed by atoms with E-state index in [2.05, 4.69) is 10.3 Å². The number of ether oxygens (including phenoxy) is 5. The van der Waals surface area contributed by atoms with Crippen LogP contribution in [0.2, 0.25) is 0 Å². The molecule has 0 bridgehead atoms. The zero-order valence-corrected chi connectivity index (χ0v) is 23.7. The van der Waals surface area contributed by atoms with Gasteiger partial charge in [-0.2, -0.15) is 0 Å². The Labute approximate surface area is 244 Å². The summed E-state index contributed by atoms with van der Waals surface area (Å²) < 4.78 is 27.2. The highest BCUT2D eigenvalue weighted by atomic mass is 16.7.